The van der Waals surface area contributed by atoms with Gasteiger partial charge in [0.1, 0.15) is 0 Å². The Morgan fingerprint density at radius 1 is 1.43 bits per heavy atom. The normalized spacial score (nSPS) is 19.9. The van der Waals surface area contributed by atoms with Gasteiger partial charge in [0.15, 0.2) is 5.11 Å². The molecule has 0 heterocycles. The summed E-state index contributed by atoms with van der Waals surface area (Å²) in [4.78, 5) is 2.19. The van der Waals surface area contributed by atoms with Crippen LogP contribution in [0.15, 0.2) is 0 Å². The molecule has 0 bridgehead atoms. The quantitative estimate of drug-likeness (QED) is 0.710. The first-order valence-corrected chi connectivity index (χ1v) is 5.66. The maximum absolute atomic E-state index is 8.55. The summed E-state index contributed by atoms with van der Waals surface area (Å²) in [5.41, 5.74) is 0. The van der Waals surface area contributed by atoms with E-state index in [0.717, 1.165) is 11.7 Å². The predicted octanol–water partition coefficient (Wildman–Crippen LogP) is 1.40. The number of nitrogens with one attached hydrogen (secondary N) is 1. The van der Waals surface area contributed by atoms with Gasteiger partial charge in [-0.15, -0.1) is 0 Å². The van der Waals surface area contributed by atoms with Crippen molar-refractivity contribution in [3.8, 4) is 6.07 Å². The van der Waals surface area contributed by atoms with E-state index >= 15 is 0 Å². The average Bonchev–Trinajstić information content (AvgIpc) is 2.98. The standard InChI is InChI=1S/C10H15N3S/c11-6-1-7-13(9-4-5-9)10(14)12-8-2-3-8/h8-9H,1-5,7H2,(H,12,14). The fourth-order valence-corrected chi connectivity index (χ4v) is 1.90. The Morgan fingerprint density at radius 2 is 2.14 bits per heavy atom. The largest absolute Gasteiger partial charge is 0.360 e. The third kappa shape index (κ3) is 2.58. The highest BCUT2D eigenvalue weighted by molar-refractivity contribution is 7.80. The van der Waals surface area contributed by atoms with Crippen LogP contribution < -0.4 is 5.32 Å². The molecule has 0 aromatic heterocycles. The number of nitrogens with zero attached hydrogens (tertiary/aromatic N) is 2. The zero-order valence-corrected chi connectivity index (χ0v) is 9.02. The molecule has 0 atom stereocenters. The summed E-state index contributed by atoms with van der Waals surface area (Å²) in [5.74, 6) is 0. The average molecular weight is 209 g/mol. The van der Waals surface area contributed by atoms with E-state index in [1.54, 1.807) is 0 Å². The number of nitriles is 1. The molecular weight excluding hydrogens is 194 g/mol. The number of thiocarbonyl (C=S) groups is 1. The number of hydrogen-bond donors (Lipinski definition) is 1. The first-order valence-electron chi connectivity index (χ1n) is 5.25. The van der Waals surface area contributed by atoms with Gasteiger partial charge in [-0.3, -0.25) is 0 Å². The zero-order valence-electron chi connectivity index (χ0n) is 8.20. The summed E-state index contributed by atoms with van der Waals surface area (Å²) in [6.07, 6.45) is 5.53. The van der Waals surface area contributed by atoms with Crippen molar-refractivity contribution in [2.24, 2.45) is 0 Å². The van der Waals surface area contributed by atoms with Crippen molar-refractivity contribution in [2.45, 2.75) is 44.2 Å². The van der Waals surface area contributed by atoms with Gasteiger partial charge in [0.2, 0.25) is 0 Å². The SMILES string of the molecule is N#CCCN(C(=S)NC1CC1)C1CC1. The van der Waals surface area contributed by atoms with E-state index < -0.39 is 0 Å². The summed E-state index contributed by atoms with van der Waals surface area (Å²) in [6, 6.07) is 3.41. The molecule has 2 fully saturated rings. The van der Waals surface area contributed by atoms with Crippen molar-refractivity contribution < 1.29 is 0 Å². The van der Waals surface area contributed by atoms with Gasteiger partial charge in [-0.1, -0.05) is 0 Å². The Kier molecular flexibility index (Phi) is 2.87. The van der Waals surface area contributed by atoms with Crippen LogP contribution in [0.5, 0.6) is 0 Å². The highest BCUT2D eigenvalue weighted by Gasteiger charge is 2.32. The lowest BCUT2D eigenvalue weighted by atomic mass is 10.4. The van der Waals surface area contributed by atoms with E-state index in [9.17, 15) is 0 Å². The summed E-state index contributed by atoms with van der Waals surface area (Å²) >= 11 is 5.33. The molecule has 1 N–H and O–H groups in total. The summed E-state index contributed by atoms with van der Waals surface area (Å²) in [6.45, 7) is 0.791. The Hall–Kier alpha value is -0.820. The van der Waals surface area contributed by atoms with E-state index in [2.05, 4.69) is 16.3 Å². The number of hydrogen-bond acceptors (Lipinski definition) is 2. The molecule has 14 heavy (non-hydrogen) atoms. The van der Waals surface area contributed by atoms with E-state index in [1.807, 2.05) is 0 Å². The highest BCUT2D eigenvalue weighted by Crippen LogP contribution is 2.28. The van der Waals surface area contributed by atoms with Crippen LogP contribution in [0, 0.1) is 11.3 Å². The van der Waals surface area contributed by atoms with Gasteiger partial charge in [-0.2, -0.15) is 5.26 Å². The van der Waals surface area contributed by atoms with Gasteiger partial charge in [-0.25, -0.2) is 0 Å². The summed E-state index contributed by atoms with van der Waals surface area (Å²) in [7, 11) is 0. The van der Waals surface area contributed by atoms with Crippen molar-refractivity contribution in [3.63, 3.8) is 0 Å². The Labute approximate surface area is 90.1 Å². The van der Waals surface area contributed by atoms with Crippen molar-refractivity contribution in [3.05, 3.63) is 0 Å². The second-order valence-corrected chi connectivity index (χ2v) is 4.44. The van der Waals surface area contributed by atoms with E-state index in [4.69, 9.17) is 17.5 Å². The smallest absolute Gasteiger partial charge is 0.169 e. The van der Waals surface area contributed by atoms with Gasteiger partial charge >= 0.3 is 0 Å². The van der Waals surface area contributed by atoms with Crippen LogP contribution in [0.2, 0.25) is 0 Å². The molecule has 0 unspecified atom stereocenters. The minimum atomic E-state index is 0.572. The second kappa shape index (κ2) is 4.14. The monoisotopic (exact) mass is 209 g/mol. The van der Waals surface area contributed by atoms with Crippen molar-refractivity contribution in [1.82, 2.24) is 10.2 Å². The van der Waals surface area contributed by atoms with E-state index in [0.29, 0.717) is 18.5 Å². The molecule has 0 amide bonds. The van der Waals surface area contributed by atoms with Crippen molar-refractivity contribution in [2.75, 3.05) is 6.54 Å². The zero-order chi connectivity index (χ0) is 9.97. The fraction of sp³-hybridized carbons (Fsp3) is 0.800. The molecule has 2 saturated carbocycles. The van der Waals surface area contributed by atoms with Crippen LogP contribution in [0.25, 0.3) is 0 Å². The molecule has 0 radical (unpaired) electrons. The third-order valence-corrected chi connectivity index (χ3v) is 2.97. The lowest BCUT2D eigenvalue weighted by Gasteiger charge is -2.24. The van der Waals surface area contributed by atoms with Gasteiger partial charge in [0.25, 0.3) is 0 Å². The minimum absolute atomic E-state index is 0.572. The molecule has 0 aromatic carbocycles. The Bertz CT molecular complexity index is 263. The van der Waals surface area contributed by atoms with Crippen molar-refractivity contribution >= 4 is 17.3 Å². The third-order valence-electron chi connectivity index (χ3n) is 2.62. The summed E-state index contributed by atoms with van der Waals surface area (Å²) < 4.78 is 0. The minimum Gasteiger partial charge on any atom is -0.360 e. The molecule has 0 aliphatic heterocycles. The molecule has 2 aliphatic carbocycles. The van der Waals surface area contributed by atoms with Crippen LogP contribution in [0.1, 0.15) is 32.1 Å². The lowest BCUT2D eigenvalue weighted by molar-refractivity contribution is 0.410. The van der Waals surface area contributed by atoms with Crippen LogP contribution in [0.4, 0.5) is 0 Å². The fourth-order valence-electron chi connectivity index (χ4n) is 1.49. The van der Waals surface area contributed by atoms with E-state index in [1.165, 1.54) is 25.7 Å². The molecule has 2 aliphatic rings. The van der Waals surface area contributed by atoms with Crippen LogP contribution in [0.3, 0.4) is 0 Å². The second-order valence-electron chi connectivity index (χ2n) is 4.06. The molecular formula is C10H15N3S. The Morgan fingerprint density at radius 3 is 2.64 bits per heavy atom. The van der Waals surface area contributed by atoms with Gasteiger partial charge < -0.3 is 10.2 Å². The molecule has 0 spiro atoms. The first kappa shape index (κ1) is 9.72. The predicted molar refractivity (Wildman–Crippen MR) is 58.7 cm³/mol. The van der Waals surface area contributed by atoms with Crippen LogP contribution in [-0.2, 0) is 0 Å². The number of rotatable bonds is 4. The topological polar surface area (TPSA) is 39.1 Å². The lowest BCUT2D eigenvalue weighted by Crippen LogP contribution is -2.42. The molecule has 2 rings (SSSR count). The molecule has 76 valence electrons. The highest BCUT2D eigenvalue weighted by atomic mass is 32.1. The van der Waals surface area contributed by atoms with Gasteiger partial charge in [-0.05, 0) is 37.9 Å². The van der Waals surface area contributed by atoms with Crippen LogP contribution >= 0.6 is 12.2 Å². The Balaban J connectivity index is 1.81. The van der Waals surface area contributed by atoms with Crippen LogP contribution in [-0.4, -0.2) is 28.6 Å². The molecule has 0 aromatic rings. The molecule has 3 nitrogen and oxygen atoms in total. The van der Waals surface area contributed by atoms with E-state index in [-0.39, 0.29) is 0 Å². The van der Waals surface area contributed by atoms with Gasteiger partial charge in [0, 0.05) is 18.6 Å². The molecule has 0 saturated heterocycles. The molecule has 4 heteroatoms. The maximum atomic E-state index is 8.55. The van der Waals surface area contributed by atoms with Gasteiger partial charge in [0.05, 0.1) is 12.5 Å². The first-order chi connectivity index (χ1) is 6.81. The van der Waals surface area contributed by atoms with Crippen molar-refractivity contribution in [1.29, 1.82) is 5.26 Å². The maximum Gasteiger partial charge on any atom is 0.169 e. The summed E-state index contributed by atoms with van der Waals surface area (Å²) in [5, 5.41) is 12.8.